The first-order chi connectivity index (χ1) is 11.2. The summed E-state index contributed by atoms with van der Waals surface area (Å²) in [5.74, 6) is -0.740. The predicted octanol–water partition coefficient (Wildman–Crippen LogP) is 5.19. The van der Waals surface area contributed by atoms with Crippen LogP contribution in [0.2, 0.25) is 0 Å². The fourth-order valence-electron chi connectivity index (χ4n) is 1.95. The zero-order valence-electron chi connectivity index (χ0n) is 14.4. The number of carboxylic acids is 1. The molecule has 0 saturated carbocycles. The lowest BCUT2D eigenvalue weighted by atomic mass is 10.2. The van der Waals surface area contributed by atoms with E-state index >= 15 is 0 Å². The van der Waals surface area contributed by atoms with Crippen molar-refractivity contribution in [2.75, 3.05) is 0 Å². The zero-order chi connectivity index (χ0) is 17.2. The van der Waals surface area contributed by atoms with Gasteiger partial charge in [-0.3, -0.25) is 4.79 Å². The van der Waals surface area contributed by atoms with E-state index in [0.717, 1.165) is 19.3 Å². The van der Waals surface area contributed by atoms with Gasteiger partial charge in [0.15, 0.2) is 0 Å². The third-order valence-electron chi connectivity index (χ3n) is 3.30. The maximum Gasteiger partial charge on any atom is 0.303 e. The normalized spacial score (nSPS) is 13.8. The van der Waals surface area contributed by atoms with Crippen LogP contribution in [0.15, 0.2) is 48.6 Å². The third-order valence-corrected chi connectivity index (χ3v) is 3.30. The largest absolute Gasteiger partial charge is 0.481 e. The molecular formula is C20H32O3. The molecule has 1 atom stereocenters. The fraction of sp³-hybridized carbons (Fsp3) is 0.550. The second kappa shape index (κ2) is 16.8. The van der Waals surface area contributed by atoms with E-state index in [-0.39, 0.29) is 6.42 Å². The summed E-state index contributed by atoms with van der Waals surface area (Å²) >= 11 is 0. The Balaban J connectivity index is 3.61. The molecule has 0 spiro atoms. The molecule has 0 fully saturated rings. The molecule has 0 aliphatic carbocycles. The molecule has 130 valence electrons. The smallest absolute Gasteiger partial charge is 0.303 e. The van der Waals surface area contributed by atoms with Gasteiger partial charge in [-0.15, -0.1) is 0 Å². The molecule has 0 bridgehead atoms. The molecule has 0 aromatic heterocycles. The first-order valence-electron chi connectivity index (χ1n) is 8.70. The molecule has 0 amide bonds. The summed E-state index contributed by atoms with van der Waals surface area (Å²) in [7, 11) is 0. The summed E-state index contributed by atoms with van der Waals surface area (Å²) in [5.41, 5.74) is 0. The highest BCUT2D eigenvalue weighted by molar-refractivity contribution is 5.66. The SMILES string of the molecule is CCCCC/C=C\C=C/[C@@H](O)C/C=C\C/C=C\CCCC(=O)O. The first-order valence-corrected chi connectivity index (χ1v) is 8.70. The van der Waals surface area contributed by atoms with Crippen LogP contribution < -0.4 is 0 Å². The third kappa shape index (κ3) is 18.3. The van der Waals surface area contributed by atoms with Gasteiger partial charge in [-0.05, 0) is 38.5 Å². The lowest BCUT2D eigenvalue weighted by molar-refractivity contribution is -0.137. The number of hydrogen-bond donors (Lipinski definition) is 2. The molecular weight excluding hydrogens is 288 g/mol. The summed E-state index contributed by atoms with van der Waals surface area (Å²) < 4.78 is 0. The predicted molar refractivity (Wildman–Crippen MR) is 97.4 cm³/mol. The molecule has 0 saturated heterocycles. The van der Waals surface area contributed by atoms with Crippen molar-refractivity contribution in [2.24, 2.45) is 0 Å². The van der Waals surface area contributed by atoms with E-state index in [4.69, 9.17) is 5.11 Å². The lowest BCUT2D eigenvalue weighted by Crippen LogP contribution is -1.98. The minimum atomic E-state index is -0.740. The Morgan fingerprint density at radius 1 is 0.957 bits per heavy atom. The summed E-state index contributed by atoms with van der Waals surface area (Å²) in [6, 6.07) is 0. The molecule has 2 N–H and O–H groups in total. The van der Waals surface area contributed by atoms with Crippen LogP contribution in [0.25, 0.3) is 0 Å². The summed E-state index contributed by atoms with van der Waals surface area (Å²) in [4.78, 5) is 10.3. The monoisotopic (exact) mass is 320 g/mol. The number of aliphatic hydroxyl groups excluding tert-OH is 1. The van der Waals surface area contributed by atoms with Crippen molar-refractivity contribution < 1.29 is 15.0 Å². The number of aliphatic hydroxyl groups is 1. The van der Waals surface area contributed by atoms with Gasteiger partial charge < -0.3 is 10.2 Å². The van der Waals surface area contributed by atoms with Crippen LogP contribution in [-0.4, -0.2) is 22.3 Å². The van der Waals surface area contributed by atoms with Gasteiger partial charge in [-0.2, -0.15) is 0 Å². The molecule has 0 unspecified atom stereocenters. The number of unbranched alkanes of at least 4 members (excludes halogenated alkanes) is 4. The molecule has 0 rings (SSSR count). The highest BCUT2D eigenvalue weighted by atomic mass is 16.4. The number of carboxylic acid groups (broad SMARTS) is 1. The highest BCUT2D eigenvalue weighted by Crippen LogP contribution is 2.02. The van der Waals surface area contributed by atoms with Gasteiger partial charge in [-0.1, -0.05) is 68.4 Å². The van der Waals surface area contributed by atoms with Crippen molar-refractivity contribution in [1.82, 2.24) is 0 Å². The maximum atomic E-state index is 10.3. The maximum absolute atomic E-state index is 10.3. The average Bonchev–Trinajstić information content (AvgIpc) is 2.52. The van der Waals surface area contributed by atoms with E-state index in [2.05, 4.69) is 13.0 Å². The van der Waals surface area contributed by atoms with Crippen molar-refractivity contribution in [3.05, 3.63) is 48.6 Å². The number of rotatable bonds is 14. The first kappa shape index (κ1) is 21.4. The second-order valence-corrected chi connectivity index (χ2v) is 5.58. The molecule has 3 heteroatoms. The van der Waals surface area contributed by atoms with Crippen LogP contribution in [-0.2, 0) is 4.79 Å². The van der Waals surface area contributed by atoms with Crippen LogP contribution in [0.5, 0.6) is 0 Å². The molecule has 0 aliphatic heterocycles. The minimum absolute atomic E-state index is 0.228. The van der Waals surface area contributed by atoms with Gasteiger partial charge in [0, 0.05) is 6.42 Å². The standard InChI is InChI=1S/C20H32O3/c1-2-3-4-5-7-10-13-16-19(21)17-14-11-8-6-9-12-15-18-20(22)23/h6-7,9-11,13-14,16,19,21H,2-5,8,12,15,17-18H2,1H3,(H,22,23)/b9-6-,10-7-,14-11-,16-13-/t19-/m1/s1. The zero-order valence-corrected chi connectivity index (χ0v) is 14.4. The van der Waals surface area contributed by atoms with Gasteiger partial charge >= 0.3 is 5.97 Å². The number of allylic oxidation sites excluding steroid dienone is 6. The Labute approximate surface area is 141 Å². The molecule has 0 heterocycles. The van der Waals surface area contributed by atoms with Crippen molar-refractivity contribution >= 4 is 5.97 Å². The average molecular weight is 320 g/mol. The van der Waals surface area contributed by atoms with Gasteiger partial charge in [0.05, 0.1) is 6.10 Å². The van der Waals surface area contributed by atoms with E-state index in [1.807, 2.05) is 42.5 Å². The Kier molecular flexibility index (Phi) is 15.6. The summed E-state index contributed by atoms with van der Waals surface area (Å²) in [5, 5.41) is 18.3. The number of carbonyl (C=O) groups is 1. The van der Waals surface area contributed by atoms with Crippen LogP contribution in [0.1, 0.15) is 64.7 Å². The van der Waals surface area contributed by atoms with Crippen molar-refractivity contribution in [2.45, 2.75) is 70.8 Å². The molecule has 0 aromatic rings. The van der Waals surface area contributed by atoms with Gasteiger partial charge in [0.1, 0.15) is 0 Å². The Morgan fingerprint density at radius 3 is 2.43 bits per heavy atom. The molecule has 3 nitrogen and oxygen atoms in total. The van der Waals surface area contributed by atoms with E-state index in [1.54, 1.807) is 0 Å². The fourth-order valence-corrected chi connectivity index (χ4v) is 1.95. The molecule has 0 aromatic carbocycles. The molecule has 23 heavy (non-hydrogen) atoms. The van der Waals surface area contributed by atoms with Gasteiger partial charge in [0.2, 0.25) is 0 Å². The lowest BCUT2D eigenvalue weighted by Gasteiger charge is -1.98. The Hall–Kier alpha value is -1.61. The minimum Gasteiger partial charge on any atom is -0.481 e. The second-order valence-electron chi connectivity index (χ2n) is 5.58. The van der Waals surface area contributed by atoms with E-state index < -0.39 is 12.1 Å². The van der Waals surface area contributed by atoms with Crippen molar-refractivity contribution in [3.63, 3.8) is 0 Å². The van der Waals surface area contributed by atoms with Crippen LogP contribution in [0, 0.1) is 0 Å². The number of hydrogen-bond acceptors (Lipinski definition) is 2. The van der Waals surface area contributed by atoms with Crippen molar-refractivity contribution in [1.29, 1.82) is 0 Å². The van der Waals surface area contributed by atoms with Crippen molar-refractivity contribution in [3.8, 4) is 0 Å². The molecule has 0 aliphatic rings. The van der Waals surface area contributed by atoms with E-state index in [9.17, 15) is 9.90 Å². The molecule has 0 radical (unpaired) electrons. The van der Waals surface area contributed by atoms with E-state index in [0.29, 0.717) is 12.8 Å². The summed E-state index contributed by atoms with van der Waals surface area (Å²) in [6.45, 7) is 2.20. The Morgan fingerprint density at radius 2 is 1.70 bits per heavy atom. The Bertz CT molecular complexity index is 392. The number of aliphatic carboxylic acids is 1. The van der Waals surface area contributed by atoms with Crippen LogP contribution in [0.3, 0.4) is 0 Å². The highest BCUT2D eigenvalue weighted by Gasteiger charge is 1.93. The van der Waals surface area contributed by atoms with Gasteiger partial charge in [0.25, 0.3) is 0 Å². The quantitative estimate of drug-likeness (QED) is 0.263. The van der Waals surface area contributed by atoms with Gasteiger partial charge in [-0.25, -0.2) is 0 Å². The van der Waals surface area contributed by atoms with Crippen LogP contribution >= 0.6 is 0 Å². The topological polar surface area (TPSA) is 57.5 Å². The van der Waals surface area contributed by atoms with E-state index in [1.165, 1.54) is 19.3 Å². The van der Waals surface area contributed by atoms with Crippen LogP contribution in [0.4, 0.5) is 0 Å². The summed E-state index contributed by atoms with van der Waals surface area (Å²) in [6.07, 6.45) is 23.5.